The molecule has 96 valence electrons. The van der Waals surface area contributed by atoms with Gasteiger partial charge in [-0.1, -0.05) is 6.07 Å². The monoisotopic (exact) mass is 317 g/mol. The second-order valence-electron chi connectivity index (χ2n) is 4.33. The molecule has 1 heterocycles. The lowest BCUT2D eigenvalue weighted by atomic mass is 10.1. The van der Waals surface area contributed by atoms with Crippen molar-refractivity contribution in [3.8, 4) is 6.07 Å². The van der Waals surface area contributed by atoms with Crippen molar-refractivity contribution in [3.05, 3.63) is 61.7 Å². The summed E-state index contributed by atoms with van der Waals surface area (Å²) in [6.07, 6.45) is 1.54. The van der Waals surface area contributed by atoms with Gasteiger partial charge in [0.1, 0.15) is 4.47 Å². The smallest absolute Gasteiger partial charge is 0.268 e. The molecule has 1 aromatic heterocycles. The topological polar surface area (TPSA) is 58.7 Å². The van der Waals surface area contributed by atoms with E-state index in [9.17, 15) is 4.79 Å². The number of hydrogen-bond acceptors (Lipinski definition) is 3. The van der Waals surface area contributed by atoms with Crippen LogP contribution in [-0.4, -0.2) is 9.55 Å². The highest BCUT2D eigenvalue weighted by Crippen LogP contribution is 2.12. The quantitative estimate of drug-likeness (QED) is 0.855. The Labute approximate surface area is 119 Å². The van der Waals surface area contributed by atoms with Crippen LogP contribution in [0.15, 0.2) is 33.8 Å². The van der Waals surface area contributed by atoms with Gasteiger partial charge in [-0.3, -0.25) is 9.36 Å². The van der Waals surface area contributed by atoms with E-state index in [1.807, 2.05) is 19.1 Å². The summed E-state index contributed by atoms with van der Waals surface area (Å²) in [6.45, 7) is 4.16. The Bertz CT molecular complexity index is 728. The predicted octanol–water partition coefficient (Wildman–Crippen LogP) is 2.54. The zero-order valence-corrected chi connectivity index (χ0v) is 12.2. The minimum absolute atomic E-state index is 0.101. The Hall–Kier alpha value is -1.93. The van der Waals surface area contributed by atoms with E-state index in [4.69, 9.17) is 5.26 Å². The fourth-order valence-electron chi connectivity index (χ4n) is 1.79. The van der Waals surface area contributed by atoms with Gasteiger partial charge in [0.25, 0.3) is 5.56 Å². The van der Waals surface area contributed by atoms with Crippen LogP contribution in [0.5, 0.6) is 0 Å². The van der Waals surface area contributed by atoms with Crippen LogP contribution in [0.3, 0.4) is 0 Å². The van der Waals surface area contributed by atoms with Gasteiger partial charge in [0.2, 0.25) is 0 Å². The lowest BCUT2D eigenvalue weighted by molar-refractivity contribution is 0.721. The highest BCUT2D eigenvalue weighted by molar-refractivity contribution is 9.10. The second-order valence-corrected chi connectivity index (χ2v) is 5.12. The number of nitrogens with zero attached hydrogens (tertiary/aromatic N) is 3. The van der Waals surface area contributed by atoms with Crippen molar-refractivity contribution < 1.29 is 0 Å². The summed E-state index contributed by atoms with van der Waals surface area (Å²) in [4.78, 5) is 16.2. The van der Waals surface area contributed by atoms with Crippen molar-refractivity contribution in [3.63, 3.8) is 0 Å². The number of benzene rings is 1. The van der Waals surface area contributed by atoms with E-state index in [2.05, 4.69) is 27.0 Å². The van der Waals surface area contributed by atoms with Crippen LogP contribution in [0.2, 0.25) is 0 Å². The molecule has 0 fully saturated rings. The molecule has 19 heavy (non-hydrogen) atoms. The fourth-order valence-corrected chi connectivity index (χ4v) is 2.12. The van der Waals surface area contributed by atoms with Crippen LogP contribution in [0.4, 0.5) is 0 Å². The third-order valence-electron chi connectivity index (χ3n) is 2.97. The first-order chi connectivity index (χ1) is 9.02. The minimum atomic E-state index is -0.101. The highest BCUT2D eigenvalue weighted by atomic mass is 79.9. The summed E-state index contributed by atoms with van der Waals surface area (Å²) in [5, 5.41) is 8.83. The Morgan fingerprint density at radius 3 is 2.79 bits per heavy atom. The maximum atomic E-state index is 12.1. The molecule has 0 aliphatic carbocycles. The largest absolute Gasteiger partial charge is 0.294 e. The van der Waals surface area contributed by atoms with Gasteiger partial charge in [-0.2, -0.15) is 5.26 Å². The maximum absolute atomic E-state index is 12.1. The summed E-state index contributed by atoms with van der Waals surface area (Å²) in [5.41, 5.74) is 3.19. The summed E-state index contributed by atoms with van der Waals surface area (Å²) in [7, 11) is 0. The maximum Gasteiger partial charge on any atom is 0.268 e. The molecule has 0 spiro atoms. The fraction of sp³-hybridized carbons (Fsp3) is 0.214. The van der Waals surface area contributed by atoms with E-state index in [1.165, 1.54) is 0 Å². The number of halogens is 1. The molecule has 4 nitrogen and oxygen atoms in total. The lowest BCUT2D eigenvalue weighted by Crippen LogP contribution is -2.23. The molecular formula is C14H12BrN3O. The van der Waals surface area contributed by atoms with Gasteiger partial charge in [-0.05, 0) is 53.0 Å². The van der Waals surface area contributed by atoms with Crippen molar-refractivity contribution >= 4 is 15.9 Å². The Morgan fingerprint density at radius 2 is 2.16 bits per heavy atom. The molecule has 0 atom stereocenters. The van der Waals surface area contributed by atoms with E-state index < -0.39 is 0 Å². The van der Waals surface area contributed by atoms with Crippen molar-refractivity contribution in [2.24, 2.45) is 0 Å². The van der Waals surface area contributed by atoms with E-state index in [1.54, 1.807) is 23.9 Å². The number of aryl methyl sites for hydroxylation is 2. The van der Waals surface area contributed by atoms with Gasteiger partial charge in [0.15, 0.2) is 0 Å². The summed E-state index contributed by atoms with van der Waals surface area (Å²) in [5.74, 6) is 0. The normalized spacial score (nSPS) is 10.2. The molecule has 0 amide bonds. The second kappa shape index (κ2) is 5.37. The molecule has 5 heteroatoms. The lowest BCUT2D eigenvalue weighted by Gasteiger charge is -2.09. The van der Waals surface area contributed by atoms with E-state index >= 15 is 0 Å². The molecule has 0 unspecified atom stereocenters. The Morgan fingerprint density at radius 1 is 1.42 bits per heavy atom. The first-order valence-corrected chi connectivity index (χ1v) is 6.53. The summed E-state index contributed by atoms with van der Waals surface area (Å²) < 4.78 is 2.03. The molecule has 2 aromatic rings. The molecular weight excluding hydrogens is 306 g/mol. The molecule has 0 bridgehead atoms. The number of hydrogen-bond donors (Lipinski definition) is 0. The minimum Gasteiger partial charge on any atom is -0.294 e. The SMILES string of the molecule is Cc1cc(C#N)ccc1Cn1cnc(C)c(Br)c1=O. The van der Waals surface area contributed by atoms with Crippen molar-refractivity contribution in [2.45, 2.75) is 20.4 Å². The van der Waals surface area contributed by atoms with Crippen molar-refractivity contribution in [1.82, 2.24) is 9.55 Å². The van der Waals surface area contributed by atoms with Crippen LogP contribution >= 0.6 is 15.9 Å². The van der Waals surface area contributed by atoms with Gasteiger partial charge >= 0.3 is 0 Å². The highest BCUT2D eigenvalue weighted by Gasteiger charge is 2.07. The zero-order valence-electron chi connectivity index (χ0n) is 10.6. The molecule has 0 aliphatic heterocycles. The average Bonchev–Trinajstić information content (AvgIpc) is 2.41. The Balaban J connectivity index is 2.40. The third-order valence-corrected chi connectivity index (χ3v) is 3.88. The molecule has 0 N–H and O–H groups in total. The first kappa shape index (κ1) is 13.5. The van der Waals surface area contributed by atoms with Crippen LogP contribution in [-0.2, 0) is 6.54 Å². The molecule has 0 radical (unpaired) electrons. The third kappa shape index (κ3) is 2.74. The molecule has 0 saturated heterocycles. The molecule has 0 aliphatic rings. The van der Waals surface area contributed by atoms with Crippen molar-refractivity contribution in [1.29, 1.82) is 5.26 Å². The number of nitriles is 1. The molecule has 2 rings (SSSR count). The summed E-state index contributed by atoms with van der Waals surface area (Å²) in [6, 6.07) is 7.54. The van der Waals surface area contributed by atoms with Crippen LogP contribution in [0.1, 0.15) is 22.4 Å². The number of rotatable bonds is 2. The molecule has 1 aromatic carbocycles. The predicted molar refractivity (Wildman–Crippen MR) is 75.9 cm³/mol. The van der Waals surface area contributed by atoms with Crippen LogP contribution in [0.25, 0.3) is 0 Å². The Kier molecular flexibility index (Phi) is 3.82. The van der Waals surface area contributed by atoms with Gasteiger partial charge in [-0.25, -0.2) is 4.98 Å². The first-order valence-electron chi connectivity index (χ1n) is 5.74. The zero-order chi connectivity index (χ0) is 14.0. The van der Waals surface area contributed by atoms with Gasteiger partial charge in [0, 0.05) is 0 Å². The van der Waals surface area contributed by atoms with Gasteiger partial charge in [0.05, 0.1) is 30.2 Å². The van der Waals surface area contributed by atoms with E-state index in [0.717, 1.165) is 11.1 Å². The van der Waals surface area contributed by atoms with Crippen LogP contribution in [0, 0.1) is 25.2 Å². The van der Waals surface area contributed by atoms with Crippen molar-refractivity contribution in [2.75, 3.05) is 0 Å². The standard InChI is InChI=1S/C14H12BrN3O/c1-9-5-11(6-16)3-4-12(9)7-18-8-17-10(2)13(15)14(18)19/h3-5,8H,7H2,1-2H3. The van der Waals surface area contributed by atoms with E-state index in [0.29, 0.717) is 22.3 Å². The number of aromatic nitrogens is 2. The van der Waals surface area contributed by atoms with Gasteiger partial charge in [-0.15, -0.1) is 0 Å². The van der Waals surface area contributed by atoms with Gasteiger partial charge < -0.3 is 0 Å². The summed E-state index contributed by atoms with van der Waals surface area (Å²) >= 11 is 3.25. The molecule has 0 saturated carbocycles. The van der Waals surface area contributed by atoms with E-state index in [-0.39, 0.29) is 5.56 Å². The van der Waals surface area contributed by atoms with Crippen LogP contribution < -0.4 is 5.56 Å². The average molecular weight is 318 g/mol.